The van der Waals surface area contributed by atoms with E-state index in [1.54, 1.807) is 0 Å². The minimum Gasteiger partial charge on any atom is -0.744 e. The van der Waals surface area contributed by atoms with Crippen molar-refractivity contribution in [3.63, 3.8) is 0 Å². The van der Waals surface area contributed by atoms with Crippen molar-refractivity contribution in [2.45, 2.75) is 250 Å². The van der Waals surface area contributed by atoms with E-state index >= 15 is 0 Å². The summed E-state index contributed by atoms with van der Waals surface area (Å²) in [4.78, 5) is 25.3. The van der Waals surface area contributed by atoms with Gasteiger partial charge in [0.25, 0.3) is 0 Å². The van der Waals surface area contributed by atoms with Crippen molar-refractivity contribution in [1.82, 2.24) is 0 Å². The van der Waals surface area contributed by atoms with E-state index in [9.17, 15) is 22.6 Å². The predicted molar refractivity (Wildman–Crippen MR) is 251 cm³/mol. The summed E-state index contributed by atoms with van der Waals surface area (Å²) in [5.41, 5.74) is -0.775. The monoisotopic (exact) mass is 881 g/mol. The maximum atomic E-state index is 13.1. The maximum Gasteiger partial charge on any atom is 1.00 e. The average Bonchev–Trinajstić information content (AvgIpc) is 3.24. The van der Waals surface area contributed by atoms with Crippen LogP contribution in [0.25, 0.3) is 0 Å². The normalized spacial score (nSPS) is 11.7. The van der Waals surface area contributed by atoms with Crippen LogP contribution in [-0.4, -0.2) is 38.1 Å². The van der Waals surface area contributed by atoms with E-state index in [0.29, 0.717) is 12.8 Å². The Bertz CT molecular complexity index is 1340. The summed E-state index contributed by atoms with van der Waals surface area (Å²) in [6.07, 6.45) is 53.2. The summed E-state index contributed by atoms with van der Waals surface area (Å²) < 4.78 is 46.9. The van der Waals surface area contributed by atoms with Crippen LogP contribution >= 0.6 is 0 Å². The first-order valence-corrected chi connectivity index (χ1v) is 26.5. The largest absolute Gasteiger partial charge is 1.00 e. The number of hydrogen-bond acceptors (Lipinski definition) is 7. The Hall–Kier alpha value is -1.45. The van der Waals surface area contributed by atoms with Crippen LogP contribution in [0.15, 0.2) is 47.4 Å². The van der Waals surface area contributed by atoms with Crippen LogP contribution in [-0.2, 0) is 19.6 Å². The van der Waals surface area contributed by atoms with E-state index in [4.69, 9.17) is 9.47 Å². The average molecular weight is 881 g/mol. The summed E-state index contributed by atoms with van der Waals surface area (Å²) in [7, 11) is -5.02. The number of unbranched alkanes of at least 4 members (excludes halogenated alkanes) is 32. The molecule has 1 aromatic rings. The van der Waals surface area contributed by atoms with Gasteiger partial charge in [0, 0.05) is 0 Å². The second-order valence-electron chi connectivity index (χ2n) is 17.1. The molecule has 1 aromatic carbocycles. The van der Waals surface area contributed by atoms with Gasteiger partial charge in [0.2, 0.25) is 0 Å². The number of rotatable bonds is 43. The fourth-order valence-electron chi connectivity index (χ4n) is 7.71. The number of hydrogen-bond donors (Lipinski definition) is 0. The molecule has 0 saturated carbocycles. The van der Waals surface area contributed by atoms with Crippen LogP contribution in [0.2, 0.25) is 0 Å². The van der Waals surface area contributed by atoms with Crippen LogP contribution < -0.4 is 29.6 Å². The number of esters is 2. The van der Waals surface area contributed by atoms with Gasteiger partial charge < -0.3 is 14.0 Å². The molecule has 0 aromatic heterocycles. The molecule has 7 nitrogen and oxygen atoms in total. The Kier molecular flexibility index (Phi) is 42.7. The number of benzene rings is 1. The minimum absolute atomic E-state index is 0. The molecule has 0 heterocycles. The number of carbonyl (C=O) groups is 2. The first-order chi connectivity index (χ1) is 29.3. The van der Waals surface area contributed by atoms with E-state index in [1.807, 2.05) is 0 Å². The van der Waals surface area contributed by atoms with Gasteiger partial charge in [-0.3, -0.25) is 0 Å². The molecule has 9 heteroatoms. The van der Waals surface area contributed by atoms with E-state index in [-0.39, 0.29) is 48.3 Å². The van der Waals surface area contributed by atoms with E-state index < -0.39 is 32.5 Å². The standard InChI is InChI=1S/C52H90O7S.Na/c1-3-5-7-9-11-13-15-17-19-21-23-25-27-29-31-33-35-37-39-41-46-58-51(53)48-44-43-45-49(60(55,56)57)50(48)52(54)59-47-42-40-38-36-34-32-30-28-26-24-22-20-18-16-14-12-10-8-6-4-2;/h17-20,43-45H,3-16,21-42,46-47H2,1-2H3,(H,55,56,57);/q;+1/p-1/b19-17+,20-18+;. The zero-order valence-corrected chi connectivity index (χ0v) is 42.5. The van der Waals surface area contributed by atoms with Crippen LogP contribution in [0.3, 0.4) is 0 Å². The number of ether oxygens (including phenoxy) is 2. The van der Waals surface area contributed by atoms with Gasteiger partial charge in [0.1, 0.15) is 10.1 Å². The second-order valence-corrected chi connectivity index (χ2v) is 18.5. The Morgan fingerprint density at radius 3 is 1.08 bits per heavy atom. The fourth-order valence-corrected chi connectivity index (χ4v) is 8.40. The summed E-state index contributed by atoms with van der Waals surface area (Å²) in [6.45, 7) is 4.77. The van der Waals surface area contributed by atoms with E-state index in [1.165, 1.54) is 192 Å². The summed E-state index contributed by atoms with van der Waals surface area (Å²) in [5, 5.41) is 0. The third kappa shape index (κ3) is 35.6. The third-order valence-corrected chi connectivity index (χ3v) is 12.4. The smallest absolute Gasteiger partial charge is 0.744 e. The molecule has 0 aliphatic carbocycles. The van der Waals surface area contributed by atoms with Crippen molar-refractivity contribution in [3.8, 4) is 0 Å². The fraction of sp³-hybridized carbons (Fsp3) is 0.769. The van der Waals surface area contributed by atoms with Gasteiger partial charge in [0.05, 0.1) is 29.2 Å². The van der Waals surface area contributed by atoms with Crippen molar-refractivity contribution in [2.24, 2.45) is 0 Å². The molecule has 346 valence electrons. The van der Waals surface area contributed by atoms with Crippen LogP contribution in [0, 0.1) is 0 Å². The molecule has 0 spiro atoms. The molecule has 0 saturated heterocycles. The Balaban J connectivity index is 0.0000360. The molecule has 0 radical (unpaired) electrons. The second kappa shape index (κ2) is 43.8. The Morgan fingerprint density at radius 2 is 0.754 bits per heavy atom. The molecule has 0 aliphatic rings. The Labute approximate surface area is 397 Å². The van der Waals surface area contributed by atoms with E-state index in [0.717, 1.165) is 44.6 Å². The number of carbonyl (C=O) groups excluding carboxylic acids is 2. The van der Waals surface area contributed by atoms with Crippen molar-refractivity contribution >= 4 is 22.1 Å². The van der Waals surface area contributed by atoms with Gasteiger partial charge in [-0.2, -0.15) is 0 Å². The zero-order valence-electron chi connectivity index (χ0n) is 39.7. The van der Waals surface area contributed by atoms with Gasteiger partial charge in [-0.15, -0.1) is 0 Å². The van der Waals surface area contributed by atoms with Crippen molar-refractivity contribution in [3.05, 3.63) is 53.6 Å². The molecule has 0 amide bonds. The van der Waals surface area contributed by atoms with Crippen LogP contribution in [0.5, 0.6) is 0 Å². The summed E-state index contributed by atoms with van der Waals surface area (Å²) in [5.74, 6) is -1.81. The topological polar surface area (TPSA) is 110 Å². The summed E-state index contributed by atoms with van der Waals surface area (Å²) in [6, 6.07) is 3.64. The SMILES string of the molecule is CCCCCCCC/C=C/CCCCCCCCCCCCOC(=O)c1cccc(S(=O)(=O)[O-])c1C(=O)OCCCCCCCCCCCC/C=C/CCCCCCCC.[Na+]. The van der Waals surface area contributed by atoms with Crippen molar-refractivity contribution in [1.29, 1.82) is 0 Å². The quantitative estimate of drug-likeness (QED) is 0.0211. The maximum absolute atomic E-state index is 13.1. The van der Waals surface area contributed by atoms with Gasteiger partial charge in [0.15, 0.2) is 0 Å². The van der Waals surface area contributed by atoms with Crippen LogP contribution in [0.4, 0.5) is 0 Å². The van der Waals surface area contributed by atoms with Crippen LogP contribution in [0.1, 0.15) is 266 Å². The van der Waals surface area contributed by atoms with Crippen molar-refractivity contribution < 1.29 is 61.6 Å². The first-order valence-electron chi connectivity index (χ1n) is 25.1. The molecule has 0 aliphatic heterocycles. The van der Waals surface area contributed by atoms with Gasteiger partial charge in [-0.1, -0.05) is 211 Å². The van der Waals surface area contributed by atoms with Gasteiger partial charge >= 0.3 is 41.5 Å². The first kappa shape index (κ1) is 59.5. The van der Waals surface area contributed by atoms with Gasteiger partial charge in [-0.25, -0.2) is 18.0 Å². The molecule has 0 N–H and O–H groups in total. The molecule has 0 bridgehead atoms. The summed E-state index contributed by atoms with van der Waals surface area (Å²) >= 11 is 0. The molecule has 0 atom stereocenters. The van der Waals surface area contributed by atoms with Gasteiger partial charge in [-0.05, 0) is 76.3 Å². The minimum atomic E-state index is -5.02. The van der Waals surface area contributed by atoms with E-state index in [2.05, 4.69) is 38.2 Å². The third-order valence-electron chi connectivity index (χ3n) is 11.5. The molecule has 0 unspecified atom stereocenters. The molecular weight excluding hydrogens is 792 g/mol. The molecule has 0 fully saturated rings. The molecule has 61 heavy (non-hydrogen) atoms. The number of allylic oxidation sites excluding steroid dienone is 4. The Morgan fingerprint density at radius 1 is 0.459 bits per heavy atom. The van der Waals surface area contributed by atoms with Crippen molar-refractivity contribution in [2.75, 3.05) is 13.2 Å². The molecule has 1 rings (SSSR count). The molecular formula is C52H89NaO7S. The zero-order chi connectivity index (χ0) is 43.6. The predicted octanol–water partition coefficient (Wildman–Crippen LogP) is 13.1.